The lowest BCUT2D eigenvalue weighted by Gasteiger charge is -2.10. The smallest absolute Gasteiger partial charge is 0.306 e. The van der Waals surface area contributed by atoms with Crippen LogP contribution in [0.15, 0.2) is 48.5 Å². The molecule has 0 spiro atoms. The van der Waals surface area contributed by atoms with E-state index in [9.17, 15) is 4.79 Å². The average Bonchev–Trinajstić information content (AvgIpc) is 2.90. The molecule has 1 aliphatic rings. The van der Waals surface area contributed by atoms with E-state index in [4.69, 9.17) is 16.3 Å². The fourth-order valence-electron chi connectivity index (χ4n) is 2.57. The predicted octanol–water partition coefficient (Wildman–Crippen LogP) is 3.98. The van der Waals surface area contributed by atoms with Gasteiger partial charge in [0, 0.05) is 28.7 Å². The van der Waals surface area contributed by atoms with Gasteiger partial charge in [0.05, 0.1) is 6.42 Å². The van der Waals surface area contributed by atoms with Crippen molar-refractivity contribution in [3.05, 3.63) is 64.7 Å². The molecule has 0 amide bonds. The summed E-state index contributed by atoms with van der Waals surface area (Å²) in [6.45, 7) is 1.00. The van der Waals surface area contributed by atoms with Gasteiger partial charge in [-0.1, -0.05) is 48.0 Å². The average molecular weight is 302 g/mol. The topological polar surface area (TPSA) is 38.3 Å². The second-order valence-corrected chi connectivity index (χ2v) is 5.53. The van der Waals surface area contributed by atoms with Crippen LogP contribution < -0.4 is 5.32 Å². The third-order valence-electron chi connectivity index (χ3n) is 3.70. The van der Waals surface area contributed by atoms with E-state index in [0.29, 0.717) is 11.4 Å². The number of carbonyl (C=O) groups is 1. The minimum absolute atomic E-state index is 0.181. The first-order valence-corrected chi connectivity index (χ1v) is 7.33. The van der Waals surface area contributed by atoms with E-state index in [0.717, 1.165) is 17.8 Å². The highest BCUT2D eigenvalue weighted by molar-refractivity contribution is 6.31. The number of ether oxygens (including phenoxy) is 1. The summed E-state index contributed by atoms with van der Waals surface area (Å²) in [5.74, 6) is -0.0154. The molecule has 0 bridgehead atoms. The van der Waals surface area contributed by atoms with Crippen molar-refractivity contribution in [1.82, 2.24) is 0 Å². The summed E-state index contributed by atoms with van der Waals surface area (Å²) in [5, 5.41) is 3.93. The van der Waals surface area contributed by atoms with Crippen molar-refractivity contribution in [2.75, 3.05) is 11.9 Å². The first kappa shape index (κ1) is 14.0. The Bertz CT molecular complexity index is 657. The Morgan fingerprint density at radius 2 is 1.95 bits per heavy atom. The molecule has 1 aliphatic heterocycles. The second-order valence-electron chi connectivity index (χ2n) is 5.12. The van der Waals surface area contributed by atoms with Crippen LogP contribution in [0.4, 0.5) is 5.69 Å². The number of rotatable bonds is 4. The number of anilines is 1. The van der Waals surface area contributed by atoms with Gasteiger partial charge in [-0.2, -0.15) is 0 Å². The van der Waals surface area contributed by atoms with E-state index in [2.05, 4.69) is 11.4 Å². The minimum atomic E-state index is -0.196. The highest BCUT2D eigenvalue weighted by Crippen LogP contribution is 2.33. The number of benzene rings is 2. The Labute approximate surface area is 128 Å². The van der Waals surface area contributed by atoms with Crippen LogP contribution in [-0.4, -0.2) is 12.5 Å². The third kappa shape index (κ3) is 3.19. The Kier molecular flexibility index (Phi) is 4.11. The molecule has 2 aromatic carbocycles. The number of hydrogen-bond donors (Lipinski definition) is 1. The van der Waals surface area contributed by atoms with Gasteiger partial charge in [0.25, 0.3) is 0 Å². The molecular formula is C17H16ClNO2. The van der Waals surface area contributed by atoms with Crippen LogP contribution in [-0.2, 0) is 16.1 Å². The van der Waals surface area contributed by atoms with Gasteiger partial charge in [-0.15, -0.1) is 0 Å². The van der Waals surface area contributed by atoms with Crippen molar-refractivity contribution in [2.24, 2.45) is 0 Å². The van der Waals surface area contributed by atoms with Crippen molar-refractivity contribution in [3.63, 3.8) is 0 Å². The molecule has 0 radical (unpaired) electrons. The lowest BCUT2D eigenvalue weighted by molar-refractivity contribution is -0.145. The van der Waals surface area contributed by atoms with E-state index in [1.165, 1.54) is 5.56 Å². The lowest BCUT2D eigenvalue weighted by atomic mass is 9.98. The summed E-state index contributed by atoms with van der Waals surface area (Å²) in [6, 6.07) is 15.5. The summed E-state index contributed by atoms with van der Waals surface area (Å²) >= 11 is 6.04. The zero-order valence-corrected chi connectivity index (χ0v) is 12.3. The third-order valence-corrected chi connectivity index (χ3v) is 4.07. The second kappa shape index (κ2) is 6.19. The van der Waals surface area contributed by atoms with Crippen LogP contribution in [0.1, 0.15) is 23.5 Å². The van der Waals surface area contributed by atoms with Crippen LogP contribution in [0.2, 0.25) is 5.02 Å². The standard InChI is InChI=1S/C17H16ClNO2/c18-15-7-3-1-5-12(15)11-21-17(20)9-13-10-19-16-8-4-2-6-14(13)16/h1-8,13,19H,9-11H2. The number of carbonyl (C=O) groups excluding carboxylic acids is 1. The van der Waals surface area contributed by atoms with E-state index in [-0.39, 0.29) is 18.5 Å². The molecule has 1 heterocycles. The molecule has 4 heteroatoms. The molecule has 21 heavy (non-hydrogen) atoms. The Hall–Kier alpha value is -2.00. The monoisotopic (exact) mass is 301 g/mol. The molecule has 0 fully saturated rings. The molecule has 1 atom stereocenters. The summed E-state index contributed by atoms with van der Waals surface area (Å²) in [5.41, 5.74) is 3.13. The fraction of sp³-hybridized carbons (Fsp3) is 0.235. The van der Waals surface area contributed by atoms with Crippen molar-refractivity contribution >= 4 is 23.3 Å². The minimum Gasteiger partial charge on any atom is -0.461 e. The van der Waals surface area contributed by atoms with Gasteiger partial charge in [0.1, 0.15) is 6.61 Å². The van der Waals surface area contributed by atoms with Crippen molar-refractivity contribution in [2.45, 2.75) is 18.9 Å². The van der Waals surface area contributed by atoms with Gasteiger partial charge in [-0.05, 0) is 17.7 Å². The number of halogens is 1. The fourth-order valence-corrected chi connectivity index (χ4v) is 2.76. The molecule has 2 aromatic rings. The Morgan fingerprint density at radius 1 is 1.19 bits per heavy atom. The highest BCUT2D eigenvalue weighted by atomic mass is 35.5. The molecule has 1 N–H and O–H groups in total. The normalized spacial score (nSPS) is 16.1. The first-order valence-electron chi connectivity index (χ1n) is 6.96. The van der Waals surface area contributed by atoms with E-state index in [1.54, 1.807) is 6.07 Å². The zero-order chi connectivity index (χ0) is 14.7. The highest BCUT2D eigenvalue weighted by Gasteiger charge is 2.24. The van der Waals surface area contributed by atoms with Crippen molar-refractivity contribution in [3.8, 4) is 0 Å². The number of para-hydroxylation sites is 1. The van der Waals surface area contributed by atoms with Gasteiger partial charge < -0.3 is 10.1 Å². The van der Waals surface area contributed by atoms with Gasteiger partial charge in [-0.3, -0.25) is 4.79 Å². The Balaban J connectivity index is 1.57. The maximum absolute atomic E-state index is 12.0. The number of nitrogens with one attached hydrogen (secondary N) is 1. The SMILES string of the molecule is O=C(CC1CNc2ccccc21)OCc1ccccc1Cl. The lowest BCUT2D eigenvalue weighted by Crippen LogP contribution is -2.12. The van der Waals surface area contributed by atoms with Gasteiger partial charge in [-0.25, -0.2) is 0 Å². The number of fused-ring (bicyclic) bond motifs is 1. The van der Waals surface area contributed by atoms with Crippen LogP contribution in [0, 0.1) is 0 Å². The summed E-state index contributed by atoms with van der Waals surface area (Å²) in [4.78, 5) is 12.0. The van der Waals surface area contributed by atoms with Crippen LogP contribution >= 0.6 is 11.6 Å². The molecular weight excluding hydrogens is 286 g/mol. The summed E-state index contributed by atoms with van der Waals surface area (Å²) in [6.07, 6.45) is 0.383. The molecule has 3 rings (SSSR count). The van der Waals surface area contributed by atoms with E-state index >= 15 is 0 Å². The van der Waals surface area contributed by atoms with E-state index in [1.807, 2.05) is 36.4 Å². The zero-order valence-electron chi connectivity index (χ0n) is 11.5. The summed E-state index contributed by atoms with van der Waals surface area (Å²) in [7, 11) is 0. The molecule has 0 saturated carbocycles. The van der Waals surface area contributed by atoms with Gasteiger partial charge in [0.2, 0.25) is 0 Å². The van der Waals surface area contributed by atoms with Crippen LogP contribution in [0.25, 0.3) is 0 Å². The predicted molar refractivity (Wildman–Crippen MR) is 83.5 cm³/mol. The summed E-state index contributed by atoms with van der Waals surface area (Å²) < 4.78 is 5.33. The molecule has 108 valence electrons. The van der Waals surface area contributed by atoms with Crippen LogP contribution in [0.5, 0.6) is 0 Å². The quantitative estimate of drug-likeness (QED) is 0.868. The maximum Gasteiger partial charge on any atom is 0.306 e. The van der Waals surface area contributed by atoms with E-state index < -0.39 is 0 Å². The van der Waals surface area contributed by atoms with Gasteiger partial charge >= 0.3 is 5.97 Å². The maximum atomic E-state index is 12.0. The van der Waals surface area contributed by atoms with Crippen molar-refractivity contribution < 1.29 is 9.53 Å². The molecule has 0 aromatic heterocycles. The molecule has 3 nitrogen and oxygen atoms in total. The molecule has 1 unspecified atom stereocenters. The van der Waals surface area contributed by atoms with Crippen molar-refractivity contribution in [1.29, 1.82) is 0 Å². The van der Waals surface area contributed by atoms with Gasteiger partial charge in [0.15, 0.2) is 0 Å². The first-order chi connectivity index (χ1) is 10.2. The molecule has 0 aliphatic carbocycles. The van der Waals surface area contributed by atoms with Crippen LogP contribution in [0.3, 0.4) is 0 Å². The molecule has 0 saturated heterocycles. The number of esters is 1. The largest absolute Gasteiger partial charge is 0.461 e. The Morgan fingerprint density at radius 3 is 2.81 bits per heavy atom. The number of hydrogen-bond acceptors (Lipinski definition) is 3.